The number of rotatable bonds is 5. The van der Waals surface area contributed by atoms with Crippen LogP contribution >= 0.6 is 23.2 Å². The maximum Gasteiger partial charge on any atom is 0.233 e. The van der Waals surface area contributed by atoms with Gasteiger partial charge in [0.2, 0.25) is 15.3 Å². The molecule has 0 aliphatic rings. The van der Waals surface area contributed by atoms with E-state index >= 15 is 0 Å². The lowest BCUT2D eigenvalue weighted by atomic mass is 10.4. The predicted octanol–water partition coefficient (Wildman–Crippen LogP) is 2.33. The van der Waals surface area contributed by atoms with Crippen LogP contribution in [0.4, 0.5) is 5.82 Å². The Kier molecular flexibility index (Phi) is 4.76. The highest BCUT2D eigenvalue weighted by molar-refractivity contribution is 7.92. The summed E-state index contributed by atoms with van der Waals surface area (Å²) in [4.78, 5) is 7.32. The zero-order valence-electron chi connectivity index (χ0n) is 8.57. The summed E-state index contributed by atoms with van der Waals surface area (Å²) in [5, 5.41) is -0.00566. The third kappa shape index (κ3) is 4.51. The largest absolute Gasteiger partial charge is 0.267 e. The Morgan fingerprint density at radius 3 is 2.62 bits per heavy atom. The first-order valence-corrected chi connectivity index (χ1v) is 7.04. The van der Waals surface area contributed by atoms with E-state index in [1.165, 1.54) is 6.07 Å². The van der Waals surface area contributed by atoms with Gasteiger partial charge in [-0.05, 0) is 18.0 Å². The molecule has 1 heterocycles. The molecule has 0 aliphatic heterocycles. The summed E-state index contributed by atoms with van der Waals surface area (Å²) >= 11 is 11.2. The van der Waals surface area contributed by atoms with Crippen LogP contribution in [-0.2, 0) is 10.0 Å². The maximum atomic E-state index is 11.5. The van der Waals surface area contributed by atoms with Crippen molar-refractivity contribution in [1.82, 2.24) is 9.97 Å². The molecule has 0 atom stereocenters. The van der Waals surface area contributed by atoms with Crippen molar-refractivity contribution in [2.24, 2.45) is 0 Å². The van der Waals surface area contributed by atoms with E-state index in [0.29, 0.717) is 6.42 Å². The summed E-state index contributed by atoms with van der Waals surface area (Å²) in [7, 11) is -3.39. The number of sulfonamides is 1. The molecular formula is C8H11Cl2N3O2S. The number of hydrogen-bond donors (Lipinski definition) is 1. The van der Waals surface area contributed by atoms with Crippen molar-refractivity contribution in [2.75, 3.05) is 10.5 Å². The van der Waals surface area contributed by atoms with Crippen LogP contribution in [0, 0.1) is 0 Å². The molecule has 8 heteroatoms. The van der Waals surface area contributed by atoms with Crippen LogP contribution in [0.15, 0.2) is 6.07 Å². The first kappa shape index (κ1) is 13.5. The molecule has 1 aromatic rings. The van der Waals surface area contributed by atoms with Crippen LogP contribution < -0.4 is 4.72 Å². The van der Waals surface area contributed by atoms with Gasteiger partial charge in [-0.2, -0.15) is 4.98 Å². The third-order valence-corrected chi connectivity index (χ3v) is 3.40. The van der Waals surface area contributed by atoms with Crippen LogP contribution in [0.2, 0.25) is 10.4 Å². The second-order valence-corrected chi connectivity index (χ2v) is 5.69. The number of nitrogens with zero attached hydrogens (tertiary/aromatic N) is 2. The zero-order chi connectivity index (χ0) is 12.2. The minimum Gasteiger partial charge on any atom is -0.267 e. The lowest BCUT2D eigenvalue weighted by Crippen LogP contribution is -2.17. The number of halogens is 2. The highest BCUT2D eigenvalue weighted by Gasteiger charge is 2.11. The summed E-state index contributed by atoms with van der Waals surface area (Å²) in [6.07, 6.45) is 1.38. The molecule has 0 unspecified atom stereocenters. The monoisotopic (exact) mass is 283 g/mol. The summed E-state index contributed by atoms with van der Waals surface area (Å²) in [5.41, 5.74) is 0. The topological polar surface area (TPSA) is 72.0 Å². The van der Waals surface area contributed by atoms with Crippen molar-refractivity contribution in [2.45, 2.75) is 19.8 Å². The molecule has 1 aromatic heterocycles. The van der Waals surface area contributed by atoms with Gasteiger partial charge in [0.25, 0.3) is 0 Å². The van der Waals surface area contributed by atoms with E-state index < -0.39 is 10.0 Å². The van der Waals surface area contributed by atoms with Gasteiger partial charge in [-0.15, -0.1) is 0 Å². The first-order chi connectivity index (χ1) is 7.43. The van der Waals surface area contributed by atoms with Gasteiger partial charge in [0, 0.05) is 6.07 Å². The molecule has 1 N–H and O–H groups in total. The molecule has 0 aliphatic carbocycles. The van der Waals surface area contributed by atoms with Crippen LogP contribution in [0.5, 0.6) is 0 Å². The fourth-order valence-electron chi connectivity index (χ4n) is 0.987. The molecule has 0 fully saturated rings. The first-order valence-electron chi connectivity index (χ1n) is 4.63. The predicted molar refractivity (Wildman–Crippen MR) is 64.4 cm³/mol. The average molecular weight is 284 g/mol. The van der Waals surface area contributed by atoms with Crippen LogP contribution in [0.3, 0.4) is 0 Å². The Morgan fingerprint density at radius 2 is 2.06 bits per heavy atom. The van der Waals surface area contributed by atoms with Crippen molar-refractivity contribution in [1.29, 1.82) is 0 Å². The number of anilines is 1. The molecule has 0 radical (unpaired) electrons. The molecule has 0 bridgehead atoms. The van der Waals surface area contributed by atoms with Crippen molar-refractivity contribution >= 4 is 39.0 Å². The van der Waals surface area contributed by atoms with Crippen molar-refractivity contribution < 1.29 is 8.42 Å². The number of nitrogens with one attached hydrogen (secondary N) is 1. The van der Waals surface area contributed by atoms with Gasteiger partial charge in [0.05, 0.1) is 5.75 Å². The van der Waals surface area contributed by atoms with E-state index in [9.17, 15) is 8.42 Å². The van der Waals surface area contributed by atoms with E-state index in [1.54, 1.807) is 0 Å². The van der Waals surface area contributed by atoms with E-state index in [4.69, 9.17) is 23.2 Å². The lowest BCUT2D eigenvalue weighted by molar-refractivity contribution is 0.597. The maximum absolute atomic E-state index is 11.5. The van der Waals surface area contributed by atoms with Gasteiger partial charge in [-0.25, -0.2) is 13.4 Å². The minimum absolute atomic E-state index is 0.0444. The van der Waals surface area contributed by atoms with Gasteiger partial charge in [-0.1, -0.05) is 24.9 Å². The van der Waals surface area contributed by atoms with E-state index in [0.717, 1.165) is 6.42 Å². The normalized spacial score (nSPS) is 11.4. The molecule has 0 spiro atoms. The zero-order valence-corrected chi connectivity index (χ0v) is 10.9. The summed E-state index contributed by atoms with van der Waals surface area (Å²) in [5.74, 6) is 0.129. The molecule has 0 amide bonds. The highest BCUT2D eigenvalue weighted by atomic mass is 35.5. The molecule has 1 rings (SSSR count). The second kappa shape index (κ2) is 5.65. The Labute approximate surface area is 104 Å². The SMILES string of the molecule is CCCCS(=O)(=O)Nc1cc(Cl)nc(Cl)n1. The number of aromatic nitrogens is 2. The molecule has 16 heavy (non-hydrogen) atoms. The standard InChI is InChI=1S/C8H11Cl2N3O2S/c1-2-3-4-16(14,15)13-7-5-6(9)11-8(10)12-7/h5H,2-4H2,1H3,(H,11,12,13). The molecule has 90 valence electrons. The summed E-state index contributed by atoms with van der Waals surface area (Å²) in [6.45, 7) is 1.91. The second-order valence-electron chi connectivity index (χ2n) is 3.12. The highest BCUT2D eigenvalue weighted by Crippen LogP contribution is 2.15. The summed E-state index contributed by atoms with van der Waals surface area (Å²) < 4.78 is 25.3. The van der Waals surface area contributed by atoms with Gasteiger partial charge in [-0.3, -0.25) is 4.72 Å². The van der Waals surface area contributed by atoms with E-state index in [1.807, 2.05) is 6.92 Å². The third-order valence-electron chi connectivity index (χ3n) is 1.69. The molecule has 5 nitrogen and oxygen atoms in total. The van der Waals surface area contributed by atoms with Crippen molar-refractivity contribution in [3.63, 3.8) is 0 Å². The van der Waals surface area contributed by atoms with Crippen LogP contribution in [0.1, 0.15) is 19.8 Å². The summed E-state index contributed by atoms with van der Waals surface area (Å²) in [6, 6.07) is 1.30. The minimum atomic E-state index is -3.39. The molecule has 0 saturated carbocycles. The lowest BCUT2D eigenvalue weighted by Gasteiger charge is -2.06. The average Bonchev–Trinajstić information content (AvgIpc) is 2.12. The quantitative estimate of drug-likeness (QED) is 0.665. The Bertz CT molecular complexity index is 444. The van der Waals surface area contributed by atoms with Gasteiger partial charge >= 0.3 is 0 Å². The van der Waals surface area contributed by atoms with E-state index in [2.05, 4.69) is 14.7 Å². The number of unbranched alkanes of at least 4 members (excludes halogenated alkanes) is 1. The van der Waals surface area contributed by atoms with Gasteiger partial charge in [0.1, 0.15) is 11.0 Å². The van der Waals surface area contributed by atoms with Gasteiger partial charge < -0.3 is 0 Å². The van der Waals surface area contributed by atoms with Crippen LogP contribution in [-0.4, -0.2) is 24.1 Å². The van der Waals surface area contributed by atoms with Crippen molar-refractivity contribution in [3.05, 3.63) is 16.5 Å². The van der Waals surface area contributed by atoms with E-state index in [-0.39, 0.29) is 22.0 Å². The fourth-order valence-corrected chi connectivity index (χ4v) is 2.59. The van der Waals surface area contributed by atoms with Crippen molar-refractivity contribution in [3.8, 4) is 0 Å². The fraction of sp³-hybridized carbons (Fsp3) is 0.500. The Balaban J connectivity index is 2.80. The smallest absolute Gasteiger partial charge is 0.233 e. The van der Waals surface area contributed by atoms with Crippen LogP contribution in [0.25, 0.3) is 0 Å². The Morgan fingerprint density at radius 1 is 1.38 bits per heavy atom. The molecule has 0 aromatic carbocycles. The Hall–Kier alpha value is -0.590. The van der Waals surface area contributed by atoms with Gasteiger partial charge in [0.15, 0.2) is 0 Å². The molecular weight excluding hydrogens is 273 g/mol. The number of hydrogen-bond acceptors (Lipinski definition) is 4. The molecule has 0 saturated heterocycles.